The lowest BCUT2D eigenvalue weighted by Gasteiger charge is -2.43. The summed E-state index contributed by atoms with van der Waals surface area (Å²) in [7, 11) is -2.86. The Morgan fingerprint density at radius 3 is 2.12 bits per heavy atom. The lowest BCUT2D eigenvalue weighted by molar-refractivity contribution is -0.0665. The van der Waals surface area contributed by atoms with Crippen LogP contribution in [0, 0.1) is 0 Å². The Morgan fingerprint density at radius 2 is 1.59 bits per heavy atom. The lowest BCUT2D eigenvalue weighted by Crippen LogP contribution is -2.67. The predicted molar refractivity (Wildman–Crippen MR) is 133 cm³/mol. The Hall–Kier alpha value is -2.78. The van der Waals surface area contributed by atoms with Crippen LogP contribution in [0.25, 0.3) is 0 Å². The monoisotopic (exact) mass is 480 g/mol. The van der Waals surface area contributed by atoms with Gasteiger partial charge in [-0.1, -0.05) is 81.4 Å². The van der Waals surface area contributed by atoms with E-state index >= 15 is 0 Å². The van der Waals surface area contributed by atoms with Crippen LogP contribution >= 0.6 is 0 Å². The molecule has 2 heterocycles. The van der Waals surface area contributed by atoms with Crippen molar-refractivity contribution in [3.63, 3.8) is 0 Å². The Morgan fingerprint density at radius 1 is 1.03 bits per heavy atom. The molecular formula is C26H32N2O5Si. The first kappa shape index (κ1) is 24.3. The number of hydrogen-bond donors (Lipinski definition) is 2. The van der Waals surface area contributed by atoms with Gasteiger partial charge < -0.3 is 19.4 Å². The molecule has 0 radical (unpaired) electrons. The first-order chi connectivity index (χ1) is 16.1. The molecule has 3 aromatic rings. The second-order valence-electron chi connectivity index (χ2n) is 9.81. The van der Waals surface area contributed by atoms with Crippen molar-refractivity contribution < 1.29 is 19.4 Å². The van der Waals surface area contributed by atoms with E-state index < -0.39 is 32.2 Å². The molecule has 0 aliphatic carbocycles. The van der Waals surface area contributed by atoms with E-state index in [1.807, 2.05) is 43.3 Å². The smallest absolute Gasteiger partial charge is 0.300 e. The van der Waals surface area contributed by atoms with Crippen molar-refractivity contribution in [2.24, 2.45) is 0 Å². The minimum absolute atomic E-state index is 0.0672. The summed E-state index contributed by atoms with van der Waals surface area (Å²) in [5.74, 6) is 0. The zero-order valence-corrected chi connectivity index (χ0v) is 21.0. The molecule has 0 bridgehead atoms. The number of ether oxygens (including phenoxy) is 1. The summed E-state index contributed by atoms with van der Waals surface area (Å²) in [4.78, 5) is 15.5. The van der Waals surface area contributed by atoms with Crippen LogP contribution < -0.4 is 20.7 Å². The van der Waals surface area contributed by atoms with Gasteiger partial charge in [0.2, 0.25) is 0 Å². The van der Waals surface area contributed by atoms with Crippen LogP contribution in [0.1, 0.15) is 33.7 Å². The molecule has 34 heavy (non-hydrogen) atoms. The van der Waals surface area contributed by atoms with Crippen LogP contribution in [-0.4, -0.2) is 53.0 Å². The fourth-order valence-corrected chi connectivity index (χ4v) is 9.39. The molecule has 2 N–H and O–H groups in total. The molecule has 1 aliphatic rings. The second-order valence-corrected chi connectivity index (χ2v) is 14.1. The molecule has 1 aliphatic heterocycles. The quantitative estimate of drug-likeness (QED) is 0.502. The van der Waals surface area contributed by atoms with Crippen molar-refractivity contribution in [1.29, 1.82) is 0 Å². The number of benzene rings is 2. The van der Waals surface area contributed by atoms with Gasteiger partial charge in [0.1, 0.15) is 12.2 Å². The van der Waals surface area contributed by atoms with Crippen molar-refractivity contribution in [2.75, 3.05) is 6.61 Å². The van der Waals surface area contributed by atoms with Gasteiger partial charge in [0.15, 0.2) is 6.10 Å². The third-order valence-electron chi connectivity index (χ3n) is 6.58. The van der Waals surface area contributed by atoms with Gasteiger partial charge in [-0.25, -0.2) is 0 Å². The van der Waals surface area contributed by atoms with Crippen molar-refractivity contribution in [2.45, 2.75) is 57.1 Å². The van der Waals surface area contributed by atoms with Crippen LogP contribution in [0.4, 0.5) is 0 Å². The van der Waals surface area contributed by atoms with Gasteiger partial charge in [-0.05, 0) is 22.3 Å². The Bertz CT molecular complexity index is 1120. The van der Waals surface area contributed by atoms with Crippen LogP contribution in [-0.2, 0) is 4.43 Å². The highest BCUT2D eigenvalue weighted by atomic mass is 28.4. The third kappa shape index (κ3) is 4.34. The number of nitrogens with zero attached hydrogens (tertiary/aromatic N) is 2. The van der Waals surface area contributed by atoms with E-state index in [0.717, 1.165) is 10.4 Å². The van der Waals surface area contributed by atoms with Crippen LogP contribution in [0.5, 0.6) is 6.01 Å². The summed E-state index contributed by atoms with van der Waals surface area (Å²) in [6.45, 7) is 8.26. The highest BCUT2D eigenvalue weighted by molar-refractivity contribution is 6.99. The predicted octanol–water partition coefficient (Wildman–Crippen LogP) is 1.86. The van der Waals surface area contributed by atoms with Crippen LogP contribution in [0.3, 0.4) is 0 Å². The summed E-state index contributed by atoms with van der Waals surface area (Å²) in [6.07, 6.45) is -1.60. The number of aliphatic hydroxyl groups excluding tert-OH is 2. The van der Waals surface area contributed by atoms with E-state index in [-0.39, 0.29) is 23.7 Å². The van der Waals surface area contributed by atoms with Crippen molar-refractivity contribution in [3.05, 3.63) is 83.3 Å². The topological polar surface area (TPSA) is 93.8 Å². The van der Waals surface area contributed by atoms with Gasteiger partial charge in [-0.3, -0.25) is 9.36 Å². The van der Waals surface area contributed by atoms with Crippen molar-refractivity contribution in [1.82, 2.24) is 9.55 Å². The normalized spacial score (nSPS) is 19.8. The van der Waals surface area contributed by atoms with Gasteiger partial charge in [-0.2, -0.15) is 4.98 Å². The van der Waals surface area contributed by atoms with E-state index in [0.29, 0.717) is 0 Å². The molecule has 0 amide bonds. The van der Waals surface area contributed by atoms with Crippen molar-refractivity contribution >= 4 is 18.7 Å². The Labute approximate surface area is 200 Å². The number of hydrogen-bond acceptors (Lipinski definition) is 6. The molecular weight excluding hydrogens is 448 g/mol. The molecule has 2 aromatic carbocycles. The number of aliphatic hydroxyl groups is 2. The molecule has 8 heteroatoms. The maximum absolute atomic E-state index is 11.6. The Balaban J connectivity index is 1.61. The second kappa shape index (κ2) is 9.46. The molecule has 4 rings (SSSR count). The zero-order valence-electron chi connectivity index (χ0n) is 20.0. The SMILES string of the molecule is C[C@@H]1[C@@H](C(O)[C@H](O)CO[Si](c2ccccc2)(c2ccccc2)C(C)(C)C)Oc2nc(=O)ccn21. The summed E-state index contributed by atoms with van der Waals surface area (Å²) in [6, 6.07) is 21.5. The number of rotatable bonds is 7. The molecule has 0 saturated carbocycles. The summed E-state index contributed by atoms with van der Waals surface area (Å²) >= 11 is 0. The molecule has 180 valence electrons. The fraction of sp³-hybridized carbons (Fsp3) is 0.385. The van der Waals surface area contributed by atoms with E-state index in [9.17, 15) is 15.0 Å². The molecule has 7 nitrogen and oxygen atoms in total. The zero-order chi connectivity index (χ0) is 24.5. The summed E-state index contributed by atoms with van der Waals surface area (Å²) in [5, 5.41) is 24.0. The maximum atomic E-state index is 11.6. The summed E-state index contributed by atoms with van der Waals surface area (Å²) in [5.41, 5.74) is -0.413. The highest BCUT2D eigenvalue weighted by Gasteiger charge is 2.51. The minimum atomic E-state index is -2.86. The molecule has 1 aromatic heterocycles. The van der Waals surface area contributed by atoms with E-state index in [1.54, 1.807) is 10.8 Å². The summed E-state index contributed by atoms with van der Waals surface area (Å²) < 4.78 is 14.2. The Kier molecular flexibility index (Phi) is 6.77. The maximum Gasteiger partial charge on any atom is 0.300 e. The van der Waals surface area contributed by atoms with E-state index in [1.165, 1.54) is 6.07 Å². The standard InChI is InChI=1S/C26H32N2O5Si/c1-18-24(33-25-27-22(30)15-16-28(18)25)23(31)21(29)17-32-34(26(2,3)4,19-11-7-5-8-12-19)20-13-9-6-10-14-20/h5-16,18,21,23-24,29,31H,17H2,1-4H3/t18-,21-,23?,24+/m1/s1. The average molecular weight is 481 g/mol. The van der Waals surface area contributed by atoms with Gasteiger partial charge in [0.25, 0.3) is 19.9 Å². The third-order valence-corrected chi connectivity index (χ3v) is 11.6. The molecule has 0 spiro atoms. The molecule has 1 unspecified atom stereocenters. The van der Waals surface area contributed by atoms with Crippen molar-refractivity contribution in [3.8, 4) is 6.01 Å². The number of fused-ring (bicyclic) bond motifs is 1. The molecule has 0 saturated heterocycles. The molecule has 4 atom stereocenters. The minimum Gasteiger partial charge on any atom is -0.456 e. The van der Waals surface area contributed by atoms with E-state index in [4.69, 9.17) is 9.16 Å². The van der Waals surface area contributed by atoms with Gasteiger partial charge in [-0.15, -0.1) is 0 Å². The largest absolute Gasteiger partial charge is 0.456 e. The van der Waals surface area contributed by atoms with E-state index in [2.05, 4.69) is 50.0 Å². The van der Waals surface area contributed by atoms with Crippen LogP contribution in [0.15, 0.2) is 77.7 Å². The first-order valence-corrected chi connectivity index (χ1v) is 13.4. The van der Waals surface area contributed by atoms with Gasteiger partial charge >= 0.3 is 0 Å². The molecule has 0 fully saturated rings. The lowest BCUT2D eigenvalue weighted by atomic mass is 10.0. The highest BCUT2D eigenvalue weighted by Crippen LogP contribution is 2.37. The first-order valence-electron chi connectivity index (χ1n) is 11.5. The fourth-order valence-electron chi connectivity index (χ4n) is 4.82. The van der Waals surface area contributed by atoms with Crippen LogP contribution in [0.2, 0.25) is 5.04 Å². The average Bonchev–Trinajstić information content (AvgIpc) is 3.14. The van der Waals surface area contributed by atoms with Gasteiger partial charge in [0.05, 0.1) is 12.6 Å². The number of aromatic nitrogens is 2. The van der Waals surface area contributed by atoms with Gasteiger partial charge in [0, 0.05) is 12.3 Å².